The van der Waals surface area contributed by atoms with Gasteiger partial charge in [-0.25, -0.2) is 0 Å². The molecule has 4 heteroatoms. The van der Waals surface area contributed by atoms with Crippen molar-refractivity contribution in [3.63, 3.8) is 0 Å². The number of benzene rings is 4. The molecule has 1 aliphatic heterocycles. The first-order chi connectivity index (χ1) is 17.2. The van der Waals surface area contributed by atoms with Gasteiger partial charge in [-0.05, 0) is 59.2 Å². The summed E-state index contributed by atoms with van der Waals surface area (Å²) in [4.78, 5) is 12.4. The van der Waals surface area contributed by atoms with E-state index in [2.05, 4.69) is 53.5 Å². The Morgan fingerprint density at radius 1 is 0.857 bits per heavy atom. The van der Waals surface area contributed by atoms with Gasteiger partial charge in [0.2, 0.25) is 0 Å². The molecular formula is C31H26N2O2. The van der Waals surface area contributed by atoms with Crippen molar-refractivity contribution in [2.75, 3.05) is 12.1 Å². The third kappa shape index (κ3) is 5.07. The molecule has 1 aliphatic rings. The fraction of sp³-hybridized carbons (Fsp3) is 0.0968. The Hall–Kier alpha value is -4.44. The molecule has 0 aliphatic carbocycles. The molecule has 5 rings (SSSR count). The second kappa shape index (κ2) is 10.2. The monoisotopic (exact) mass is 458 g/mol. The van der Waals surface area contributed by atoms with Gasteiger partial charge < -0.3 is 4.74 Å². The van der Waals surface area contributed by atoms with Crippen molar-refractivity contribution in [1.82, 2.24) is 0 Å². The van der Waals surface area contributed by atoms with E-state index in [9.17, 15) is 4.79 Å². The summed E-state index contributed by atoms with van der Waals surface area (Å²) in [5.41, 5.74) is 6.01. The highest BCUT2D eigenvalue weighted by molar-refractivity contribution is 6.06. The van der Waals surface area contributed by atoms with Gasteiger partial charge in [-0.1, -0.05) is 78.9 Å². The lowest BCUT2D eigenvalue weighted by atomic mass is 9.98. The first-order valence-electron chi connectivity index (χ1n) is 11.6. The molecule has 0 fully saturated rings. The Balaban J connectivity index is 1.40. The zero-order chi connectivity index (χ0) is 24.0. The summed E-state index contributed by atoms with van der Waals surface area (Å²) in [6, 6.07) is 36.1. The summed E-state index contributed by atoms with van der Waals surface area (Å²) in [7, 11) is 1.67. The van der Waals surface area contributed by atoms with Crippen molar-refractivity contribution in [1.29, 1.82) is 0 Å². The zero-order valence-electron chi connectivity index (χ0n) is 19.5. The molecule has 0 radical (unpaired) electrons. The third-order valence-electron chi connectivity index (χ3n) is 6.16. The number of carbonyl (C=O) groups excluding carboxylic acids is 1. The highest BCUT2D eigenvalue weighted by atomic mass is 16.5. The smallest absolute Gasteiger partial charge is 0.185 e. The van der Waals surface area contributed by atoms with Gasteiger partial charge in [-0.15, -0.1) is 0 Å². The van der Waals surface area contributed by atoms with Crippen LogP contribution in [-0.4, -0.2) is 18.6 Å². The van der Waals surface area contributed by atoms with Crippen LogP contribution in [0.4, 0.5) is 5.69 Å². The van der Waals surface area contributed by atoms with E-state index in [0.717, 1.165) is 34.7 Å². The van der Waals surface area contributed by atoms with Gasteiger partial charge in [0.15, 0.2) is 5.78 Å². The molecule has 4 aromatic rings. The summed E-state index contributed by atoms with van der Waals surface area (Å²) in [5.74, 6) is 0.824. The minimum atomic E-state index is -0.00732. The number of methoxy groups -OCH3 is 1. The average molecular weight is 459 g/mol. The van der Waals surface area contributed by atoms with Gasteiger partial charge in [0, 0.05) is 12.0 Å². The van der Waals surface area contributed by atoms with E-state index in [-0.39, 0.29) is 11.8 Å². The number of rotatable bonds is 7. The molecule has 0 unspecified atom stereocenters. The lowest BCUT2D eigenvalue weighted by molar-refractivity contribution is 0.104. The summed E-state index contributed by atoms with van der Waals surface area (Å²) in [6.45, 7) is 0. The zero-order valence-corrected chi connectivity index (χ0v) is 19.5. The second-order valence-electron chi connectivity index (χ2n) is 8.41. The number of carbonyl (C=O) groups is 1. The van der Waals surface area contributed by atoms with E-state index >= 15 is 0 Å². The molecule has 0 saturated carbocycles. The third-order valence-corrected chi connectivity index (χ3v) is 6.16. The van der Waals surface area contributed by atoms with E-state index in [1.807, 2.05) is 66.7 Å². The molecule has 0 saturated heterocycles. The molecule has 4 aromatic carbocycles. The highest BCUT2D eigenvalue weighted by Crippen LogP contribution is 2.37. The van der Waals surface area contributed by atoms with Crippen LogP contribution in [0.2, 0.25) is 0 Å². The molecular weight excluding hydrogens is 432 g/mol. The van der Waals surface area contributed by atoms with Crippen LogP contribution in [0.5, 0.6) is 5.75 Å². The molecule has 0 amide bonds. The number of allylic oxidation sites excluding steroid dienone is 1. The van der Waals surface area contributed by atoms with E-state index < -0.39 is 0 Å². The van der Waals surface area contributed by atoms with Crippen molar-refractivity contribution in [3.8, 4) is 5.75 Å². The standard InChI is InChI=1S/C31H26N2O2/c1-35-28-19-15-24(16-20-28)29-22-30(25-8-4-2-5-9-25)33(32-29)27-17-12-23(13-18-27)14-21-31(34)26-10-6-3-7-11-26/h2-21,30H,22H2,1H3/b21-14+/t30-/m1/s1. The number of hydrogen-bond donors (Lipinski definition) is 0. The quantitative estimate of drug-likeness (QED) is 0.222. The number of ketones is 1. The molecule has 0 N–H and O–H groups in total. The summed E-state index contributed by atoms with van der Waals surface area (Å²) in [6.07, 6.45) is 4.28. The number of hydrogen-bond acceptors (Lipinski definition) is 4. The minimum absolute atomic E-state index is 0.00732. The predicted molar refractivity (Wildman–Crippen MR) is 142 cm³/mol. The van der Waals surface area contributed by atoms with Crippen LogP contribution in [0.1, 0.15) is 39.5 Å². The van der Waals surface area contributed by atoms with Crippen LogP contribution >= 0.6 is 0 Å². The van der Waals surface area contributed by atoms with Gasteiger partial charge in [-0.3, -0.25) is 9.80 Å². The molecule has 1 heterocycles. The maximum atomic E-state index is 12.4. The first kappa shape index (κ1) is 22.4. The number of hydrazone groups is 1. The summed E-state index contributed by atoms with van der Waals surface area (Å²) >= 11 is 0. The second-order valence-corrected chi connectivity index (χ2v) is 8.41. The maximum absolute atomic E-state index is 12.4. The van der Waals surface area contributed by atoms with Gasteiger partial charge in [0.25, 0.3) is 0 Å². The molecule has 35 heavy (non-hydrogen) atoms. The van der Waals surface area contributed by atoms with Crippen molar-refractivity contribution < 1.29 is 9.53 Å². The largest absolute Gasteiger partial charge is 0.497 e. The van der Waals surface area contributed by atoms with Crippen LogP contribution in [-0.2, 0) is 0 Å². The van der Waals surface area contributed by atoms with Crippen LogP contribution in [0.25, 0.3) is 6.08 Å². The Morgan fingerprint density at radius 2 is 1.51 bits per heavy atom. The molecule has 0 spiro atoms. The minimum Gasteiger partial charge on any atom is -0.497 e. The Labute approximate surface area is 205 Å². The first-order valence-corrected chi connectivity index (χ1v) is 11.6. The summed E-state index contributed by atoms with van der Waals surface area (Å²) in [5, 5.41) is 7.12. The average Bonchev–Trinajstić information content (AvgIpc) is 3.38. The van der Waals surface area contributed by atoms with E-state index in [0.29, 0.717) is 5.56 Å². The normalized spacial score (nSPS) is 15.3. The van der Waals surface area contributed by atoms with Crippen molar-refractivity contribution >= 4 is 23.3 Å². The van der Waals surface area contributed by atoms with E-state index in [1.165, 1.54) is 5.56 Å². The van der Waals surface area contributed by atoms with Crippen LogP contribution in [0.15, 0.2) is 120 Å². The molecule has 0 bridgehead atoms. The van der Waals surface area contributed by atoms with Crippen LogP contribution < -0.4 is 9.75 Å². The van der Waals surface area contributed by atoms with Gasteiger partial charge in [-0.2, -0.15) is 5.10 Å². The van der Waals surface area contributed by atoms with Gasteiger partial charge in [0.05, 0.1) is 24.6 Å². The van der Waals surface area contributed by atoms with Crippen LogP contribution in [0.3, 0.4) is 0 Å². The molecule has 1 atom stereocenters. The van der Waals surface area contributed by atoms with Crippen molar-refractivity contribution in [2.45, 2.75) is 12.5 Å². The van der Waals surface area contributed by atoms with E-state index in [1.54, 1.807) is 13.2 Å². The molecule has 0 aromatic heterocycles. The molecule has 172 valence electrons. The number of ether oxygens (including phenoxy) is 1. The Bertz CT molecular complexity index is 1340. The predicted octanol–water partition coefficient (Wildman–Crippen LogP) is 6.95. The topological polar surface area (TPSA) is 41.9 Å². The lowest BCUT2D eigenvalue weighted by Crippen LogP contribution is -2.18. The summed E-state index contributed by atoms with van der Waals surface area (Å²) < 4.78 is 5.31. The van der Waals surface area contributed by atoms with Crippen molar-refractivity contribution in [3.05, 3.63) is 138 Å². The molecule has 4 nitrogen and oxygen atoms in total. The highest BCUT2D eigenvalue weighted by Gasteiger charge is 2.29. The van der Waals surface area contributed by atoms with Gasteiger partial charge >= 0.3 is 0 Å². The maximum Gasteiger partial charge on any atom is 0.185 e. The Kier molecular flexibility index (Phi) is 6.53. The van der Waals surface area contributed by atoms with E-state index in [4.69, 9.17) is 9.84 Å². The fourth-order valence-electron chi connectivity index (χ4n) is 4.25. The Morgan fingerprint density at radius 3 is 2.17 bits per heavy atom. The number of nitrogens with zero attached hydrogens (tertiary/aromatic N) is 2. The van der Waals surface area contributed by atoms with Crippen molar-refractivity contribution in [2.24, 2.45) is 5.10 Å². The lowest BCUT2D eigenvalue weighted by Gasteiger charge is -2.24. The number of anilines is 1. The SMILES string of the molecule is COc1ccc(C2=NN(c3ccc(/C=C/C(=O)c4ccccc4)cc3)[C@@H](c3ccccc3)C2)cc1. The van der Waals surface area contributed by atoms with Crippen LogP contribution in [0, 0.1) is 0 Å². The van der Waals surface area contributed by atoms with Gasteiger partial charge in [0.1, 0.15) is 5.75 Å². The fourth-order valence-corrected chi connectivity index (χ4v) is 4.25.